The predicted octanol–water partition coefficient (Wildman–Crippen LogP) is 2.29. The summed E-state index contributed by atoms with van der Waals surface area (Å²) in [6.07, 6.45) is -1.21. The molecule has 24 heavy (non-hydrogen) atoms. The summed E-state index contributed by atoms with van der Waals surface area (Å²) >= 11 is 0. The van der Waals surface area contributed by atoms with Crippen LogP contribution < -0.4 is 20.5 Å². The van der Waals surface area contributed by atoms with E-state index < -0.39 is 18.0 Å². The Morgan fingerprint density at radius 2 is 1.88 bits per heavy atom. The molecule has 1 aliphatic heterocycles. The normalized spacial score (nSPS) is 19.2. The molecule has 1 aliphatic rings. The average Bonchev–Trinajstić information content (AvgIpc) is 2.93. The second kappa shape index (κ2) is 5.45. The van der Waals surface area contributed by atoms with Crippen molar-refractivity contribution in [2.24, 2.45) is 0 Å². The van der Waals surface area contributed by atoms with Gasteiger partial charge in [-0.3, -0.25) is 9.78 Å². The largest absolute Gasteiger partial charge is 0.482 e. The van der Waals surface area contributed by atoms with Crippen LogP contribution in [0, 0.1) is 0 Å². The van der Waals surface area contributed by atoms with Crippen molar-refractivity contribution < 1.29 is 18.7 Å². The van der Waals surface area contributed by atoms with Crippen LogP contribution >= 0.6 is 0 Å². The lowest BCUT2D eigenvalue weighted by Gasteiger charge is -2.31. The van der Waals surface area contributed by atoms with E-state index in [2.05, 4.69) is 10.3 Å². The molecule has 0 aliphatic carbocycles. The minimum atomic E-state index is -0.779. The van der Waals surface area contributed by atoms with Gasteiger partial charge in [0.1, 0.15) is 6.10 Å². The Morgan fingerprint density at radius 3 is 2.67 bits per heavy atom. The molecule has 2 N–H and O–H groups in total. The highest BCUT2D eigenvalue weighted by atomic mass is 16.6. The monoisotopic (exact) mass is 326 g/mol. The summed E-state index contributed by atoms with van der Waals surface area (Å²) in [5.74, 6) is 0.279. The lowest BCUT2D eigenvalue weighted by atomic mass is 10.1. The van der Waals surface area contributed by atoms with Crippen LogP contribution in [0.2, 0.25) is 0 Å². The predicted molar refractivity (Wildman–Crippen MR) is 86.4 cm³/mol. The Hall–Kier alpha value is -3.22. The second-order valence-corrected chi connectivity index (χ2v) is 5.52. The summed E-state index contributed by atoms with van der Waals surface area (Å²) in [4.78, 5) is 26.2. The van der Waals surface area contributed by atoms with Crippen LogP contribution in [0.1, 0.15) is 6.92 Å². The average molecular weight is 326 g/mol. The van der Waals surface area contributed by atoms with Crippen molar-refractivity contribution in [3.63, 3.8) is 0 Å². The fraction of sp³-hybridized carbons (Fsp3) is 0.176. The van der Waals surface area contributed by atoms with E-state index in [-0.39, 0.29) is 5.91 Å². The molecule has 0 bridgehead atoms. The number of aromatic amines is 1. The van der Waals surface area contributed by atoms with Gasteiger partial charge < -0.3 is 19.2 Å². The van der Waals surface area contributed by atoms with Gasteiger partial charge in [0.25, 0.3) is 5.91 Å². The topological polar surface area (TPSA) is 93.6 Å². The molecule has 0 saturated carbocycles. The maximum absolute atomic E-state index is 12.5. The number of carbonyl (C=O) groups excluding carboxylic acids is 1. The zero-order chi connectivity index (χ0) is 16.7. The van der Waals surface area contributed by atoms with Crippen molar-refractivity contribution in [3.8, 4) is 11.5 Å². The first-order valence-electron chi connectivity index (χ1n) is 7.46. The molecular weight excluding hydrogens is 312 g/mol. The fourth-order valence-corrected chi connectivity index (χ4v) is 2.65. The zero-order valence-corrected chi connectivity index (χ0v) is 12.7. The number of hydrogen-bond donors (Lipinski definition) is 2. The third-order valence-corrected chi connectivity index (χ3v) is 3.79. The lowest BCUT2D eigenvalue weighted by molar-refractivity contribution is -0.128. The molecule has 3 aromatic rings. The van der Waals surface area contributed by atoms with Gasteiger partial charge >= 0.3 is 5.76 Å². The SMILES string of the molecule is C[C@H]1Oc2ccccc2O[C@H]1C(=O)Nc1ccc2oc(=O)[nH]c2c1. The van der Waals surface area contributed by atoms with E-state index in [1.807, 2.05) is 12.1 Å². The number of benzene rings is 2. The molecule has 0 unspecified atom stereocenters. The van der Waals surface area contributed by atoms with Crippen LogP contribution in [0.25, 0.3) is 11.1 Å². The van der Waals surface area contributed by atoms with Crippen molar-refractivity contribution in [3.05, 3.63) is 53.0 Å². The summed E-state index contributed by atoms with van der Waals surface area (Å²) in [6, 6.07) is 12.1. The Kier molecular flexibility index (Phi) is 3.26. The zero-order valence-electron chi connectivity index (χ0n) is 12.7. The number of amides is 1. The van der Waals surface area contributed by atoms with E-state index in [1.165, 1.54) is 0 Å². The van der Waals surface area contributed by atoms with Crippen molar-refractivity contribution in [1.82, 2.24) is 4.98 Å². The van der Waals surface area contributed by atoms with E-state index in [1.54, 1.807) is 37.3 Å². The van der Waals surface area contributed by atoms with Gasteiger partial charge in [-0.2, -0.15) is 0 Å². The van der Waals surface area contributed by atoms with Crippen molar-refractivity contribution in [2.45, 2.75) is 19.1 Å². The van der Waals surface area contributed by atoms with Gasteiger partial charge in [-0.05, 0) is 37.3 Å². The van der Waals surface area contributed by atoms with Crippen LogP contribution in [0.4, 0.5) is 5.69 Å². The number of aromatic nitrogens is 1. The number of hydrogen-bond acceptors (Lipinski definition) is 5. The minimum absolute atomic E-state index is 0.331. The molecule has 2 heterocycles. The van der Waals surface area contributed by atoms with E-state index >= 15 is 0 Å². The van der Waals surface area contributed by atoms with Gasteiger partial charge in [-0.1, -0.05) is 12.1 Å². The van der Waals surface area contributed by atoms with Gasteiger partial charge in [0, 0.05) is 5.69 Å². The molecule has 0 radical (unpaired) electrons. The van der Waals surface area contributed by atoms with Crippen LogP contribution in [0.5, 0.6) is 11.5 Å². The Balaban J connectivity index is 1.55. The van der Waals surface area contributed by atoms with Gasteiger partial charge in [0.05, 0.1) is 5.52 Å². The fourth-order valence-electron chi connectivity index (χ4n) is 2.65. The smallest absolute Gasteiger partial charge is 0.417 e. The molecule has 0 spiro atoms. The van der Waals surface area contributed by atoms with Crippen LogP contribution in [0.3, 0.4) is 0 Å². The molecule has 1 aromatic heterocycles. The van der Waals surface area contributed by atoms with Gasteiger partial charge in [0.15, 0.2) is 17.1 Å². The summed E-state index contributed by atoms with van der Waals surface area (Å²) in [7, 11) is 0. The highest BCUT2D eigenvalue weighted by Gasteiger charge is 2.34. The third kappa shape index (κ3) is 2.50. The molecule has 122 valence electrons. The molecular formula is C17H14N2O5. The number of para-hydroxylation sites is 2. The maximum Gasteiger partial charge on any atom is 0.417 e. The number of nitrogens with one attached hydrogen (secondary N) is 2. The summed E-state index contributed by atoms with van der Waals surface area (Å²) in [6.45, 7) is 1.77. The first-order chi connectivity index (χ1) is 11.6. The first kappa shape index (κ1) is 14.4. The van der Waals surface area contributed by atoms with Gasteiger partial charge in [0.2, 0.25) is 6.10 Å². The van der Waals surface area contributed by atoms with E-state index in [4.69, 9.17) is 13.9 Å². The van der Waals surface area contributed by atoms with Crippen molar-refractivity contribution >= 4 is 22.7 Å². The molecule has 2 aromatic carbocycles. The van der Waals surface area contributed by atoms with Crippen LogP contribution in [-0.4, -0.2) is 23.1 Å². The molecule has 4 rings (SSSR count). The number of oxazole rings is 1. The standard InChI is InChI=1S/C17H14N2O5/c1-9-15(23-14-5-3-2-4-13(14)22-9)16(20)18-10-6-7-12-11(8-10)19-17(21)24-12/h2-9,15H,1H3,(H,18,20)(H,19,21)/t9-,15-/m1/s1. The first-order valence-corrected chi connectivity index (χ1v) is 7.46. The third-order valence-electron chi connectivity index (χ3n) is 3.79. The Labute approximate surface area is 136 Å². The van der Waals surface area contributed by atoms with Gasteiger partial charge in [-0.25, -0.2) is 4.79 Å². The van der Waals surface area contributed by atoms with E-state index in [0.717, 1.165) is 0 Å². The van der Waals surface area contributed by atoms with E-state index in [0.29, 0.717) is 28.3 Å². The molecule has 7 nitrogen and oxygen atoms in total. The second-order valence-electron chi connectivity index (χ2n) is 5.52. The molecule has 0 fully saturated rings. The number of fused-ring (bicyclic) bond motifs is 2. The Bertz CT molecular complexity index is 974. The minimum Gasteiger partial charge on any atom is -0.482 e. The number of rotatable bonds is 2. The quantitative estimate of drug-likeness (QED) is 0.753. The van der Waals surface area contributed by atoms with Crippen LogP contribution in [-0.2, 0) is 4.79 Å². The molecule has 7 heteroatoms. The number of H-pyrrole nitrogens is 1. The number of carbonyl (C=O) groups is 1. The molecule has 1 amide bonds. The van der Waals surface area contributed by atoms with Gasteiger partial charge in [-0.15, -0.1) is 0 Å². The number of ether oxygens (including phenoxy) is 2. The molecule has 0 saturated heterocycles. The summed E-state index contributed by atoms with van der Waals surface area (Å²) in [5.41, 5.74) is 1.47. The van der Waals surface area contributed by atoms with Crippen LogP contribution in [0.15, 0.2) is 51.7 Å². The number of anilines is 1. The van der Waals surface area contributed by atoms with E-state index in [9.17, 15) is 9.59 Å². The van der Waals surface area contributed by atoms with Crippen molar-refractivity contribution in [2.75, 3.05) is 5.32 Å². The lowest BCUT2D eigenvalue weighted by Crippen LogP contribution is -2.46. The highest BCUT2D eigenvalue weighted by molar-refractivity contribution is 5.96. The summed E-state index contributed by atoms with van der Waals surface area (Å²) < 4.78 is 16.4. The highest BCUT2D eigenvalue weighted by Crippen LogP contribution is 2.33. The Morgan fingerprint density at radius 1 is 1.12 bits per heavy atom. The van der Waals surface area contributed by atoms with Crippen molar-refractivity contribution in [1.29, 1.82) is 0 Å². The maximum atomic E-state index is 12.5. The molecule has 2 atom stereocenters. The summed E-state index contributed by atoms with van der Waals surface area (Å²) in [5, 5.41) is 2.77.